The lowest BCUT2D eigenvalue weighted by atomic mass is 9.97. The number of fused-ring (bicyclic) bond motifs is 1. The van der Waals surface area contributed by atoms with Gasteiger partial charge >= 0.3 is 0 Å². The van der Waals surface area contributed by atoms with Crippen LogP contribution >= 0.6 is 22.9 Å². The quantitative estimate of drug-likeness (QED) is 0.141. The van der Waals surface area contributed by atoms with Gasteiger partial charge in [-0.1, -0.05) is 24.9 Å². The van der Waals surface area contributed by atoms with Crippen LogP contribution in [0, 0.1) is 11.3 Å². The Hall–Kier alpha value is -3.63. The SMILES string of the molecule is CCCCc1sc(C2CCN(CCCCc3c[nH]c4ccc(C#N)cc34)CC2)nc1-c1ccc(Oc2ccc(Cl)cc2)cc1. The number of piperidine rings is 1. The van der Waals surface area contributed by atoms with E-state index in [9.17, 15) is 5.26 Å². The first-order chi connectivity index (χ1) is 21.6. The summed E-state index contributed by atoms with van der Waals surface area (Å²) in [4.78, 5) is 12.7. The van der Waals surface area contributed by atoms with Crippen molar-refractivity contribution in [2.75, 3.05) is 19.6 Å². The Morgan fingerprint density at radius 3 is 2.45 bits per heavy atom. The minimum absolute atomic E-state index is 0.540. The number of likely N-dealkylation sites (tertiary alicyclic amines) is 1. The number of benzene rings is 3. The molecular weight excluding hydrogens is 584 g/mol. The van der Waals surface area contributed by atoms with Crippen LogP contribution in [0.3, 0.4) is 0 Å². The summed E-state index contributed by atoms with van der Waals surface area (Å²) in [6.45, 7) is 5.68. The third-order valence-corrected chi connectivity index (χ3v) is 10.2. The number of thiazole rings is 1. The molecule has 0 atom stereocenters. The molecule has 1 N–H and O–H groups in total. The van der Waals surface area contributed by atoms with Gasteiger partial charge in [-0.2, -0.15) is 5.26 Å². The van der Waals surface area contributed by atoms with Crippen molar-refractivity contribution in [1.82, 2.24) is 14.9 Å². The highest BCUT2D eigenvalue weighted by molar-refractivity contribution is 7.12. The molecule has 6 rings (SSSR count). The van der Waals surface area contributed by atoms with Crippen molar-refractivity contribution in [2.45, 2.75) is 64.2 Å². The highest BCUT2D eigenvalue weighted by Gasteiger charge is 2.25. The summed E-state index contributed by atoms with van der Waals surface area (Å²) in [5.41, 5.74) is 5.47. The van der Waals surface area contributed by atoms with E-state index < -0.39 is 0 Å². The zero-order valence-electron chi connectivity index (χ0n) is 25.3. The number of ether oxygens (including phenoxy) is 1. The third kappa shape index (κ3) is 7.35. The average molecular weight is 623 g/mol. The van der Waals surface area contributed by atoms with Gasteiger partial charge < -0.3 is 14.6 Å². The summed E-state index contributed by atoms with van der Waals surface area (Å²) in [7, 11) is 0. The molecule has 0 saturated carbocycles. The first kappa shape index (κ1) is 30.4. The lowest BCUT2D eigenvalue weighted by molar-refractivity contribution is 0.209. The predicted octanol–water partition coefficient (Wildman–Crippen LogP) is 10.2. The van der Waals surface area contributed by atoms with Crippen LogP contribution in [0.1, 0.15) is 72.4 Å². The molecule has 5 aromatic rings. The molecule has 3 heterocycles. The molecule has 1 saturated heterocycles. The molecule has 7 heteroatoms. The molecule has 0 bridgehead atoms. The van der Waals surface area contributed by atoms with E-state index in [2.05, 4.69) is 41.2 Å². The summed E-state index contributed by atoms with van der Waals surface area (Å²) in [5.74, 6) is 2.12. The summed E-state index contributed by atoms with van der Waals surface area (Å²) in [6.07, 6.45) is 11.3. The Morgan fingerprint density at radius 2 is 1.73 bits per heavy atom. The first-order valence-electron chi connectivity index (χ1n) is 15.9. The van der Waals surface area contributed by atoms with Gasteiger partial charge in [0.05, 0.1) is 22.3 Å². The number of halogens is 1. The Balaban J connectivity index is 1.03. The monoisotopic (exact) mass is 622 g/mol. The molecular formula is C37H39ClN4OS. The molecule has 0 spiro atoms. The average Bonchev–Trinajstić information content (AvgIpc) is 3.68. The maximum absolute atomic E-state index is 9.26. The number of aryl methyl sites for hydroxylation is 2. The second kappa shape index (κ2) is 14.4. The predicted molar refractivity (Wildman–Crippen MR) is 182 cm³/mol. The van der Waals surface area contributed by atoms with Crippen molar-refractivity contribution in [1.29, 1.82) is 5.26 Å². The maximum atomic E-state index is 9.26. The van der Waals surface area contributed by atoms with Crippen LogP contribution in [0.25, 0.3) is 22.2 Å². The molecule has 1 aliphatic heterocycles. The highest BCUT2D eigenvalue weighted by atomic mass is 35.5. The second-order valence-corrected chi connectivity index (χ2v) is 13.3. The Labute approximate surface area is 269 Å². The van der Waals surface area contributed by atoms with Crippen molar-refractivity contribution < 1.29 is 4.74 Å². The summed E-state index contributed by atoms with van der Waals surface area (Å²) < 4.78 is 6.02. The summed E-state index contributed by atoms with van der Waals surface area (Å²) >= 11 is 7.95. The molecule has 5 nitrogen and oxygen atoms in total. The zero-order valence-corrected chi connectivity index (χ0v) is 26.9. The van der Waals surface area contributed by atoms with Gasteiger partial charge in [0, 0.05) is 38.5 Å². The van der Waals surface area contributed by atoms with E-state index in [1.807, 2.05) is 65.9 Å². The number of unbranched alkanes of at least 4 members (excludes halogenated alkanes) is 2. The van der Waals surface area contributed by atoms with Crippen molar-refractivity contribution in [2.24, 2.45) is 0 Å². The molecule has 44 heavy (non-hydrogen) atoms. The van der Waals surface area contributed by atoms with Crippen LogP contribution in [0.15, 0.2) is 72.9 Å². The fourth-order valence-electron chi connectivity index (χ4n) is 6.11. The number of nitrogens with zero attached hydrogens (tertiary/aromatic N) is 3. The van der Waals surface area contributed by atoms with Crippen LogP contribution in [0.2, 0.25) is 5.02 Å². The normalized spacial score (nSPS) is 14.2. The maximum Gasteiger partial charge on any atom is 0.127 e. The standard InChI is InChI=1S/C37H39ClN4OS/c1-2-3-7-35-36(27-9-13-31(14-10-27)43-32-15-11-30(38)12-16-32)41-37(44-35)28-18-21-42(22-19-28)20-5-4-6-29-25-40-34-17-8-26(24-39)23-33(29)34/h8-17,23,25,28,40H,2-7,18-22H2,1H3. The number of nitriles is 1. The molecule has 1 aliphatic rings. The summed E-state index contributed by atoms with van der Waals surface area (Å²) in [5, 5.41) is 12.5. The molecule has 0 unspecified atom stereocenters. The van der Waals surface area contributed by atoms with E-state index in [1.165, 1.54) is 58.5 Å². The Bertz CT molecular complexity index is 1710. The number of aromatic amines is 1. The number of hydrogen-bond donors (Lipinski definition) is 1. The largest absolute Gasteiger partial charge is 0.457 e. The fourth-order valence-corrected chi connectivity index (χ4v) is 7.53. The van der Waals surface area contributed by atoms with Gasteiger partial charge in [-0.05, 0) is 137 Å². The van der Waals surface area contributed by atoms with Crippen LogP contribution < -0.4 is 4.74 Å². The summed E-state index contributed by atoms with van der Waals surface area (Å²) in [6, 6.07) is 24.0. The lowest BCUT2D eigenvalue weighted by Crippen LogP contribution is -2.33. The van der Waals surface area contributed by atoms with Gasteiger partial charge in [0.2, 0.25) is 0 Å². The number of rotatable bonds is 12. The van der Waals surface area contributed by atoms with Crippen molar-refractivity contribution in [3.05, 3.63) is 99.0 Å². The van der Waals surface area contributed by atoms with Crippen LogP contribution in [-0.4, -0.2) is 34.5 Å². The van der Waals surface area contributed by atoms with Gasteiger partial charge in [-0.3, -0.25) is 0 Å². The molecule has 0 amide bonds. The van der Waals surface area contributed by atoms with E-state index in [-0.39, 0.29) is 0 Å². The third-order valence-electron chi connectivity index (χ3n) is 8.65. The highest BCUT2D eigenvalue weighted by Crippen LogP contribution is 2.38. The van der Waals surface area contributed by atoms with Crippen LogP contribution in [-0.2, 0) is 12.8 Å². The number of nitrogens with one attached hydrogen (secondary N) is 1. The number of H-pyrrole nitrogens is 1. The van der Waals surface area contributed by atoms with E-state index in [4.69, 9.17) is 21.3 Å². The minimum Gasteiger partial charge on any atom is -0.457 e. The zero-order chi connectivity index (χ0) is 30.3. The molecule has 0 radical (unpaired) electrons. The fraction of sp³-hybridized carbons (Fsp3) is 0.351. The van der Waals surface area contributed by atoms with Gasteiger partial charge in [0.1, 0.15) is 11.5 Å². The molecule has 3 aromatic carbocycles. The van der Waals surface area contributed by atoms with Gasteiger partial charge in [-0.15, -0.1) is 11.3 Å². The second-order valence-electron chi connectivity index (χ2n) is 11.8. The van der Waals surface area contributed by atoms with Crippen molar-refractivity contribution >= 4 is 33.8 Å². The molecule has 1 fully saturated rings. The number of aromatic nitrogens is 2. The minimum atomic E-state index is 0.540. The van der Waals surface area contributed by atoms with E-state index >= 15 is 0 Å². The van der Waals surface area contributed by atoms with E-state index in [0.717, 1.165) is 67.2 Å². The molecule has 2 aromatic heterocycles. The van der Waals surface area contributed by atoms with Crippen LogP contribution in [0.4, 0.5) is 0 Å². The number of hydrogen-bond acceptors (Lipinski definition) is 5. The van der Waals surface area contributed by atoms with Crippen molar-refractivity contribution in [3.63, 3.8) is 0 Å². The van der Waals surface area contributed by atoms with Gasteiger partial charge in [-0.25, -0.2) is 4.98 Å². The van der Waals surface area contributed by atoms with Gasteiger partial charge in [0.25, 0.3) is 0 Å². The Morgan fingerprint density at radius 1 is 0.977 bits per heavy atom. The topological polar surface area (TPSA) is 64.9 Å². The Kier molecular flexibility index (Phi) is 9.97. The first-order valence-corrected chi connectivity index (χ1v) is 17.0. The van der Waals surface area contributed by atoms with Crippen molar-refractivity contribution in [3.8, 4) is 28.8 Å². The van der Waals surface area contributed by atoms with E-state index in [1.54, 1.807) is 0 Å². The molecule has 226 valence electrons. The smallest absolute Gasteiger partial charge is 0.127 e. The van der Waals surface area contributed by atoms with Crippen LogP contribution in [0.5, 0.6) is 11.5 Å². The van der Waals surface area contributed by atoms with Gasteiger partial charge in [0.15, 0.2) is 0 Å². The lowest BCUT2D eigenvalue weighted by Gasteiger charge is -2.31. The molecule has 0 aliphatic carbocycles. The van der Waals surface area contributed by atoms with E-state index in [0.29, 0.717) is 10.9 Å².